The minimum Gasteiger partial charge on any atom is -0.497 e. The van der Waals surface area contributed by atoms with E-state index in [1.165, 1.54) is 6.33 Å². The van der Waals surface area contributed by atoms with Gasteiger partial charge in [0.1, 0.15) is 23.6 Å². The van der Waals surface area contributed by atoms with Crippen molar-refractivity contribution in [3.05, 3.63) is 60.4 Å². The van der Waals surface area contributed by atoms with E-state index >= 15 is 0 Å². The third kappa shape index (κ3) is 5.28. The Morgan fingerprint density at radius 1 is 0.793 bits per heavy atom. The zero-order chi connectivity index (χ0) is 20.6. The molecule has 0 saturated heterocycles. The van der Waals surface area contributed by atoms with Gasteiger partial charge in [-0.15, -0.1) is 0 Å². The van der Waals surface area contributed by atoms with Crippen molar-refractivity contribution in [1.29, 1.82) is 0 Å². The van der Waals surface area contributed by atoms with Crippen LogP contribution < -0.4 is 23.8 Å². The topological polar surface area (TPSA) is 65.9 Å². The summed E-state index contributed by atoms with van der Waals surface area (Å²) in [6, 6.07) is 15.1. The van der Waals surface area contributed by atoms with E-state index in [0.29, 0.717) is 11.6 Å². The van der Waals surface area contributed by atoms with E-state index in [4.69, 9.17) is 18.9 Å². The molecule has 0 aliphatic rings. The molecule has 0 aliphatic heterocycles. The summed E-state index contributed by atoms with van der Waals surface area (Å²) in [5, 5.41) is 0. The number of ether oxygens (including phenoxy) is 4. The smallest absolute Gasteiger partial charge is 0.224 e. The van der Waals surface area contributed by atoms with Crippen molar-refractivity contribution in [2.24, 2.45) is 0 Å². The lowest BCUT2D eigenvalue weighted by Gasteiger charge is -2.19. The summed E-state index contributed by atoms with van der Waals surface area (Å²) in [6.07, 6.45) is 2.33. The van der Waals surface area contributed by atoms with Crippen LogP contribution in [0.25, 0.3) is 0 Å². The standard InChI is InChI=1S/C22H25N3O4/c1-25(12-11-16-5-10-19(27-3)20(13-16)28-4)21-14-22(24-15-23-21)29-18-8-6-17(26-2)7-9-18/h5-10,13-15H,11-12H2,1-4H3. The molecule has 0 amide bonds. The van der Waals surface area contributed by atoms with Crippen LogP contribution in [-0.4, -0.2) is 44.9 Å². The van der Waals surface area contributed by atoms with Gasteiger partial charge in [0, 0.05) is 19.7 Å². The van der Waals surface area contributed by atoms with Crippen molar-refractivity contribution in [2.75, 3.05) is 39.8 Å². The van der Waals surface area contributed by atoms with Crippen molar-refractivity contribution in [2.45, 2.75) is 6.42 Å². The quantitative estimate of drug-likeness (QED) is 0.543. The molecule has 0 saturated carbocycles. The number of anilines is 1. The zero-order valence-electron chi connectivity index (χ0n) is 17.1. The molecule has 152 valence electrons. The zero-order valence-corrected chi connectivity index (χ0v) is 17.1. The van der Waals surface area contributed by atoms with Crippen LogP contribution in [0.1, 0.15) is 5.56 Å². The monoisotopic (exact) mass is 395 g/mol. The predicted octanol–water partition coefficient (Wildman–Crippen LogP) is 3.97. The Balaban J connectivity index is 1.63. The summed E-state index contributed by atoms with van der Waals surface area (Å²) in [4.78, 5) is 10.6. The fourth-order valence-corrected chi connectivity index (χ4v) is 2.81. The lowest BCUT2D eigenvalue weighted by molar-refractivity contribution is 0.354. The minimum absolute atomic E-state index is 0.484. The molecule has 29 heavy (non-hydrogen) atoms. The van der Waals surface area contributed by atoms with Crippen molar-refractivity contribution >= 4 is 5.82 Å². The molecular formula is C22H25N3O4. The predicted molar refractivity (Wildman–Crippen MR) is 112 cm³/mol. The number of aromatic nitrogens is 2. The van der Waals surface area contributed by atoms with E-state index in [-0.39, 0.29) is 0 Å². The van der Waals surface area contributed by atoms with Gasteiger partial charge in [-0.25, -0.2) is 9.97 Å². The van der Waals surface area contributed by atoms with Gasteiger partial charge in [-0.05, 0) is 48.4 Å². The molecule has 0 unspecified atom stereocenters. The van der Waals surface area contributed by atoms with Crippen molar-refractivity contribution < 1.29 is 18.9 Å². The van der Waals surface area contributed by atoms with Crippen LogP contribution >= 0.6 is 0 Å². The molecule has 7 nitrogen and oxygen atoms in total. The van der Waals surface area contributed by atoms with Gasteiger partial charge in [0.15, 0.2) is 11.5 Å². The van der Waals surface area contributed by atoms with Crippen LogP contribution in [0.2, 0.25) is 0 Å². The maximum absolute atomic E-state index is 5.82. The lowest BCUT2D eigenvalue weighted by Crippen LogP contribution is -2.21. The first-order chi connectivity index (χ1) is 14.1. The molecule has 0 N–H and O–H groups in total. The second-order valence-corrected chi connectivity index (χ2v) is 6.35. The van der Waals surface area contributed by atoms with E-state index in [1.807, 2.05) is 55.6 Å². The fourth-order valence-electron chi connectivity index (χ4n) is 2.81. The molecule has 2 aromatic carbocycles. The van der Waals surface area contributed by atoms with E-state index in [1.54, 1.807) is 21.3 Å². The number of benzene rings is 2. The minimum atomic E-state index is 0.484. The van der Waals surface area contributed by atoms with E-state index < -0.39 is 0 Å². The number of rotatable bonds is 9. The molecular weight excluding hydrogens is 370 g/mol. The van der Waals surface area contributed by atoms with Crippen LogP contribution in [-0.2, 0) is 6.42 Å². The Morgan fingerprint density at radius 3 is 2.21 bits per heavy atom. The normalized spacial score (nSPS) is 10.3. The molecule has 0 fully saturated rings. The Bertz CT molecular complexity index is 932. The molecule has 1 heterocycles. The molecule has 0 aliphatic carbocycles. The third-order valence-electron chi connectivity index (χ3n) is 4.48. The maximum atomic E-state index is 5.82. The highest BCUT2D eigenvalue weighted by atomic mass is 16.5. The van der Waals surface area contributed by atoms with Crippen LogP contribution in [0.4, 0.5) is 5.82 Å². The molecule has 0 radical (unpaired) electrons. The SMILES string of the molecule is COc1ccc(Oc2cc(N(C)CCc3ccc(OC)c(OC)c3)ncn2)cc1. The van der Waals surface area contributed by atoms with Gasteiger partial charge >= 0.3 is 0 Å². The van der Waals surface area contributed by atoms with Gasteiger partial charge in [0.2, 0.25) is 5.88 Å². The lowest BCUT2D eigenvalue weighted by atomic mass is 10.1. The van der Waals surface area contributed by atoms with Crippen molar-refractivity contribution in [1.82, 2.24) is 9.97 Å². The highest BCUT2D eigenvalue weighted by molar-refractivity contribution is 5.44. The van der Waals surface area contributed by atoms with Crippen molar-refractivity contribution in [3.8, 4) is 28.9 Å². The van der Waals surface area contributed by atoms with Crippen LogP contribution in [0, 0.1) is 0 Å². The summed E-state index contributed by atoms with van der Waals surface area (Å²) in [7, 11) is 6.88. The van der Waals surface area contributed by atoms with Gasteiger partial charge in [0.05, 0.1) is 21.3 Å². The summed E-state index contributed by atoms with van der Waals surface area (Å²) < 4.78 is 21.6. The Morgan fingerprint density at radius 2 is 1.52 bits per heavy atom. The first kappa shape index (κ1) is 20.3. The Kier molecular flexibility index (Phi) is 6.73. The molecule has 1 aromatic heterocycles. The molecule has 7 heteroatoms. The van der Waals surface area contributed by atoms with Gasteiger partial charge in [-0.3, -0.25) is 0 Å². The second-order valence-electron chi connectivity index (χ2n) is 6.35. The number of methoxy groups -OCH3 is 3. The maximum Gasteiger partial charge on any atom is 0.224 e. The molecule has 0 bridgehead atoms. The average molecular weight is 395 g/mol. The van der Waals surface area contributed by atoms with Crippen LogP contribution in [0.15, 0.2) is 54.9 Å². The highest BCUT2D eigenvalue weighted by Gasteiger charge is 2.09. The highest BCUT2D eigenvalue weighted by Crippen LogP contribution is 2.28. The molecule has 0 spiro atoms. The molecule has 3 aromatic rings. The second kappa shape index (κ2) is 9.64. The summed E-state index contributed by atoms with van der Waals surface area (Å²) in [5.41, 5.74) is 1.15. The summed E-state index contributed by atoms with van der Waals surface area (Å²) in [6.45, 7) is 0.772. The van der Waals surface area contributed by atoms with E-state index in [9.17, 15) is 0 Å². The average Bonchev–Trinajstić information content (AvgIpc) is 2.78. The number of nitrogens with zero attached hydrogens (tertiary/aromatic N) is 3. The summed E-state index contributed by atoms with van der Waals surface area (Å²) >= 11 is 0. The Hall–Kier alpha value is -3.48. The fraction of sp³-hybridized carbons (Fsp3) is 0.273. The number of hydrogen-bond acceptors (Lipinski definition) is 7. The van der Waals surface area contributed by atoms with Gasteiger partial charge in [-0.1, -0.05) is 6.07 Å². The van der Waals surface area contributed by atoms with Gasteiger partial charge in [-0.2, -0.15) is 0 Å². The summed E-state index contributed by atoms with van der Waals surface area (Å²) in [5.74, 6) is 4.17. The third-order valence-corrected chi connectivity index (χ3v) is 4.48. The Labute approximate surface area is 170 Å². The number of hydrogen-bond donors (Lipinski definition) is 0. The number of likely N-dealkylation sites (N-methyl/N-ethyl adjacent to an activating group) is 1. The molecule has 0 atom stereocenters. The van der Waals surface area contributed by atoms with Crippen LogP contribution in [0.3, 0.4) is 0 Å². The first-order valence-corrected chi connectivity index (χ1v) is 9.19. The largest absolute Gasteiger partial charge is 0.497 e. The van der Waals surface area contributed by atoms with E-state index in [2.05, 4.69) is 14.9 Å². The van der Waals surface area contributed by atoms with Gasteiger partial charge < -0.3 is 23.8 Å². The van der Waals surface area contributed by atoms with Crippen molar-refractivity contribution in [3.63, 3.8) is 0 Å². The van der Waals surface area contributed by atoms with E-state index in [0.717, 1.165) is 41.6 Å². The molecule has 3 rings (SSSR count). The van der Waals surface area contributed by atoms with Gasteiger partial charge in [0.25, 0.3) is 0 Å². The van der Waals surface area contributed by atoms with Crippen LogP contribution in [0.5, 0.6) is 28.9 Å². The first-order valence-electron chi connectivity index (χ1n) is 9.19.